The van der Waals surface area contributed by atoms with Gasteiger partial charge in [-0.25, -0.2) is 0 Å². The van der Waals surface area contributed by atoms with Gasteiger partial charge in [0.1, 0.15) is 24.4 Å². The summed E-state index contributed by atoms with van der Waals surface area (Å²) in [6.07, 6.45) is 45.2. The largest absolute Gasteiger partial charge is 0.394 e. The van der Waals surface area contributed by atoms with Crippen molar-refractivity contribution in [2.24, 2.45) is 0 Å². The minimum absolute atomic E-state index is 0.145. The van der Waals surface area contributed by atoms with Gasteiger partial charge in [-0.05, 0) is 64.2 Å². The second-order valence-electron chi connectivity index (χ2n) is 15.8. The summed E-state index contributed by atoms with van der Waals surface area (Å²) in [5, 5.41) is 54.0. The summed E-state index contributed by atoms with van der Waals surface area (Å²) >= 11 is 0. The molecule has 1 saturated heterocycles. The van der Waals surface area contributed by atoms with E-state index in [0.29, 0.717) is 12.8 Å². The molecule has 1 fully saturated rings. The Balaban J connectivity index is 2.14. The first kappa shape index (κ1) is 53.6. The number of allylic oxidation sites excluding steroid dienone is 12. The lowest BCUT2D eigenvalue weighted by Gasteiger charge is -2.40. The molecule has 58 heavy (non-hydrogen) atoms. The van der Waals surface area contributed by atoms with Crippen molar-refractivity contribution < 1.29 is 39.8 Å². The molecule has 0 spiro atoms. The topological polar surface area (TPSA) is 149 Å². The number of amides is 1. The second kappa shape index (κ2) is 38.8. The van der Waals surface area contributed by atoms with Crippen molar-refractivity contribution in [3.8, 4) is 0 Å². The van der Waals surface area contributed by atoms with Crippen LogP contribution in [0.2, 0.25) is 0 Å². The number of aliphatic hydroxyl groups is 5. The molecule has 0 saturated carbocycles. The van der Waals surface area contributed by atoms with E-state index in [1.807, 2.05) is 0 Å². The quantitative estimate of drug-likeness (QED) is 0.0268. The molecule has 1 heterocycles. The Hall–Kier alpha value is -2.37. The van der Waals surface area contributed by atoms with Gasteiger partial charge in [0, 0.05) is 6.42 Å². The fourth-order valence-corrected chi connectivity index (χ4v) is 6.87. The number of hydrogen-bond acceptors (Lipinski definition) is 8. The number of aliphatic hydroxyl groups excluding tert-OH is 5. The van der Waals surface area contributed by atoms with Crippen LogP contribution in [-0.2, 0) is 14.3 Å². The van der Waals surface area contributed by atoms with Gasteiger partial charge in [0.15, 0.2) is 6.29 Å². The highest BCUT2D eigenvalue weighted by Crippen LogP contribution is 2.23. The Labute approximate surface area is 353 Å². The summed E-state index contributed by atoms with van der Waals surface area (Å²) in [6.45, 7) is 3.63. The summed E-state index contributed by atoms with van der Waals surface area (Å²) in [5.41, 5.74) is 0. The van der Waals surface area contributed by atoms with Gasteiger partial charge in [-0.2, -0.15) is 0 Å². The zero-order valence-corrected chi connectivity index (χ0v) is 36.5. The number of nitrogens with one attached hydrogen (secondary N) is 1. The number of rotatable bonds is 37. The molecule has 1 aliphatic heterocycles. The number of unbranched alkanes of at least 4 members (excludes halogenated alkanes) is 15. The lowest BCUT2D eigenvalue weighted by Crippen LogP contribution is -2.60. The van der Waals surface area contributed by atoms with Crippen LogP contribution in [0.25, 0.3) is 0 Å². The summed E-state index contributed by atoms with van der Waals surface area (Å²) in [7, 11) is 0. The molecule has 1 aliphatic rings. The molecule has 9 heteroatoms. The molecule has 0 aromatic rings. The maximum atomic E-state index is 12.9. The Morgan fingerprint density at radius 1 is 0.603 bits per heavy atom. The average molecular weight is 816 g/mol. The molecule has 7 atom stereocenters. The molecule has 9 nitrogen and oxygen atoms in total. The van der Waals surface area contributed by atoms with Gasteiger partial charge >= 0.3 is 0 Å². The van der Waals surface area contributed by atoms with Gasteiger partial charge in [0.25, 0.3) is 0 Å². The molecule has 0 radical (unpaired) electrons. The van der Waals surface area contributed by atoms with Crippen molar-refractivity contribution in [1.82, 2.24) is 5.32 Å². The molecular weight excluding hydrogens is 731 g/mol. The van der Waals surface area contributed by atoms with E-state index in [1.54, 1.807) is 0 Å². The van der Waals surface area contributed by atoms with Crippen LogP contribution in [0, 0.1) is 0 Å². The Morgan fingerprint density at radius 3 is 1.59 bits per heavy atom. The summed E-state index contributed by atoms with van der Waals surface area (Å²) in [6, 6.07) is -0.721. The maximum absolute atomic E-state index is 12.9. The van der Waals surface area contributed by atoms with Crippen LogP contribution < -0.4 is 5.32 Å². The first-order chi connectivity index (χ1) is 28.3. The molecule has 0 aliphatic carbocycles. The van der Waals surface area contributed by atoms with Crippen LogP contribution in [0.5, 0.6) is 0 Å². The van der Waals surface area contributed by atoms with Gasteiger partial charge in [-0.3, -0.25) is 4.79 Å². The third-order valence-corrected chi connectivity index (χ3v) is 10.6. The molecule has 0 aromatic heterocycles. The van der Waals surface area contributed by atoms with E-state index in [4.69, 9.17) is 9.47 Å². The highest BCUT2D eigenvalue weighted by atomic mass is 16.7. The normalized spacial score (nSPS) is 21.5. The van der Waals surface area contributed by atoms with Crippen LogP contribution >= 0.6 is 0 Å². The highest BCUT2D eigenvalue weighted by molar-refractivity contribution is 5.76. The fourth-order valence-electron chi connectivity index (χ4n) is 6.87. The zero-order valence-electron chi connectivity index (χ0n) is 36.5. The van der Waals surface area contributed by atoms with Gasteiger partial charge in [0.2, 0.25) is 5.91 Å². The predicted octanol–water partition coefficient (Wildman–Crippen LogP) is 9.78. The third-order valence-electron chi connectivity index (χ3n) is 10.6. The van der Waals surface area contributed by atoms with Crippen molar-refractivity contribution in [1.29, 1.82) is 0 Å². The zero-order chi connectivity index (χ0) is 42.3. The predicted molar refractivity (Wildman–Crippen MR) is 239 cm³/mol. The molecule has 1 rings (SSSR count). The van der Waals surface area contributed by atoms with Gasteiger partial charge in [0.05, 0.1) is 25.4 Å². The summed E-state index contributed by atoms with van der Waals surface area (Å²) in [4.78, 5) is 12.9. The van der Waals surface area contributed by atoms with Gasteiger partial charge in [-0.1, -0.05) is 177 Å². The number of ether oxygens (including phenoxy) is 2. The van der Waals surface area contributed by atoms with Gasteiger partial charge in [-0.15, -0.1) is 0 Å². The maximum Gasteiger partial charge on any atom is 0.220 e. The van der Waals surface area contributed by atoms with Crippen LogP contribution in [0.1, 0.15) is 174 Å². The Morgan fingerprint density at radius 2 is 1.07 bits per heavy atom. The van der Waals surface area contributed by atoms with Crippen molar-refractivity contribution in [2.75, 3.05) is 13.2 Å². The van der Waals surface area contributed by atoms with E-state index in [0.717, 1.165) is 83.5 Å². The molecule has 1 amide bonds. The number of carbonyl (C=O) groups excluding carboxylic acids is 1. The van der Waals surface area contributed by atoms with E-state index in [1.165, 1.54) is 64.2 Å². The fraction of sp³-hybridized carbons (Fsp3) is 0.735. The van der Waals surface area contributed by atoms with Crippen LogP contribution in [0.15, 0.2) is 72.9 Å². The smallest absolute Gasteiger partial charge is 0.220 e. The minimum Gasteiger partial charge on any atom is -0.394 e. The second-order valence-corrected chi connectivity index (χ2v) is 15.8. The van der Waals surface area contributed by atoms with Gasteiger partial charge < -0.3 is 40.3 Å². The van der Waals surface area contributed by atoms with Crippen molar-refractivity contribution >= 4 is 5.91 Å². The van der Waals surface area contributed by atoms with E-state index >= 15 is 0 Å². The highest BCUT2D eigenvalue weighted by Gasteiger charge is 2.44. The average Bonchev–Trinajstić information content (AvgIpc) is 3.22. The summed E-state index contributed by atoms with van der Waals surface area (Å²) < 4.78 is 11.2. The first-order valence-electron chi connectivity index (χ1n) is 23.1. The van der Waals surface area contributed by atoms with Crippen LogP contribution in [-0.4, -0.2) is 87.5 Å². The molecular formula is C49H85NO8. The van der Waals surface area contributed by atoms with E-state index in [-0.39, 0.29) is 12.5 Å². The SMILES string of the molecule is CC/C=C\C/C=C\C/C=C\C/C=C\C/C=C\C/C=C\CCCCCCCCCCCCC(=O)NC(COC1OC(CO)C(O)C(O)C1O)C(O)CCCCCCCC. The molecule has 0 aromatic carbocycles. The molecule has 7 unspecified atom stereocenters. The van der Waals surface area contributed by atoms with Crippen molar-refractivity contribution in [3.05, 3.63) is 72.9 Å². The molecule has 6 N–H and O–H groups in total. The summed E-state index contributed by atoms with van der Waals surface area (Å²) in [5.74, 6) is -0.159. The van der Waals surface area contributed by atoms with E-state index < -0.39 is 49.5 Å². The lowest BCUT2D eigenvalue weighted by atomic mass is 9.99. The minimum atomic E-state index is -1.55. The van der Waals surface area contributed by atoms with E-state index in [9.17, 15) is 30.3 Å². The van der Waals surface area contributed by atoms with Crippen molar-refractivity contribution in [2.45, 2.75) is 217 Å². The molecule has 334 valence electrons. The lowest BCUT2D eigenvalue weighted by molar-refractivity contribution is -0.302. The van der Waals surface area contributed by atoms with E-state index in [2.05, 4.69) is 92.1 Å². The van der Waals surface area contributed by atoms with Crippen LogP contribution in [0.4, 0.5) is 0 Å². The number of carbonyl (C=O) groups is 1. The Kier molecular flexibility index (Phi) is 35.9. The standard InChI is InChI=1S/C49H85NO8/c1-3-5-7-9-11-12-13-14-15-16-17-18-19-20-21-22-23-24-25-26-27-28-29-30-31-32-33-35-37-39-45(53)50-42(43(52)38-36-34-10-8-6-4-2)41-57-49-48(56)47(55)46(54)44(40-51)58-49/h5,7,11-12,14-15,17-18,20-21,23-24,42-44,46-49,51-52,54-56H,3-4,6,8-10,13,16,19,22,25-41H2,1-2H3,(H,50,53)/b7-5-,12-11-,15-14-,18-17-,21-20-,24-23-. The Bertz CT molecular complexity index is 1130. The van der Waals surface area contributed by atoms with Crippen LogP contribution in [0.3, 0.4) is 0 Å². The first-order valence-corrected chi connectivity index (χ1v) is 23.1. The molecule has 0 bridgehead atoms. The monoisotopic (exact) mass is 816 g/mol. The number of hydrogen-bond donors (Lipinski definition) is 6. The third kappa shape index (κ3) is 29.0. The van der Waals surface area contributed by atoms with Crippen molar-refractivity contribution in [3.63, 3.8) is 0 Å².